The van der Waals surface area contributed by atoms with Gasteiger partial charge in [-0.3, -0.25) is 4.68 Å². The molecular formula is C19H24N8O. The van der Waals surface area contributed by atoms with E-state index in [9.17, 15) is 4.79 Å². The van der Waals surface area contributed by atoms with Crippen molar-refractivity contribution in [2.45, 2.75) is 25.3 Å². The van der Waals surface area contributed by atoms with Crippen molar-refractivity contribution in [1.29, 1.82) is 0 Å². The number of amides is 2. The van der Waals surface area contributed by atoms with E-state index in [1.54, 1.807) is 11.0 Å². The van der Waals surface area contributed by atoms with E-state index in [1.807, 2.05) is 61.2 Å². The van der Waals surface area contributed by atoms with Crippen LogP contribution in [-0.2, 0) is 13.5 Å². The van der Waals surface area contributed by atoms with Crippen LogP contribution < -0.4 is 15.5 Å². The molecule has 146 valence electrons. The monoisotopic (exact) mass is 380 g/mol. The first-order valence-corrected chi connectivity index (χ1v) is 9.29. The van der Waals surface area contributed by atoms with Crippen molar-refractivity contribution in [3.8, 4) is 5.69 Å². The lowest BCUT2D eigenvalue weighted by atomic mass is 9.93. The third-order valence-electron chi connectivity index (χ3n) is 4.77. The lowest BCUT2D eigenvalue weighted by molar-refractivity contribution is 0.247. The third-order valence-corrected chi connectivity index (χ3v) is 4.77. The summed E-state index contributed by atoms with van der Waals surface area (Å²) in [4.78, 5) is 18.6. The molecule has 28 heavy (non-hydrogen) atoms. The number of benzene rings is 1. The number of carbonyl (C=O) groups excluding carboxylic acids is 1. The SMILES string of the molecule is CN(C)c1ncn(-c2cccc(NC(=O)NC3CCCc4nn(C)cc43)c2)n1. The van der Waals surface area contributed by atoms with Gasteiger partial charge in [0.05, 0.1) is 17.4 Å². The zero-order valence-electron chi connectivity index (χ0n) is 16.3. The van der Waals surface area contributed by atoms with Crippen LogP contribution in [0.15, 0.2) is 36.8 Å². The first kappa shape index (κ1) is 18.0. The van der Waals surface area contributed by atoms with E-state index in [0.717, 1.165) is 36.2 Å². The number of anilines is 2. The Balaban J connectivity index is 1.45. The number of urea groups is 1. The van der Waals surface area contributed by atoms with Crippen molar-refractivity contribution in [3.05, 3.63) is 48.0 Å². The highest BCUT2D eigenvalue weighted by molar-refractivity contribution is 5.89. The maximum absolute atomic E-state index is 12.5. The fourth-order valence-corrected chi connectivity index (χ4v) is 3.45. The van der Waals surface area contributed by atoms with E-state index in [4.69, 9.17) is 0 Å². The van der Waals surface area contributed by atoms with Gasteiger partial charge in [0.2, 0.25) is 5.95 Å². The van der Waals surface area contributed by atoms with Gasteiger partial charge >= 0.3 is 6.03 Å². The highest BCUT2D eigenvalue weighted by Gasteiger charge is 2.24. The average molecular weight is 380 g/mol. The van der Waals surface area contributed by atoms with Crippen LogP contribution in [-0.4, -0.2) is 44.7 Å². The average Bonchev–Trinajstić information content (AvgIpc) is 3.28. The summed E-state index contributed by atoms with van der Waals surface area (Å²) in [5.41, 5.74) is 3.70. The molecule has 9 nitrogen and oxygen atoms in total. The summed E-state index contributed by atoms with van der Waals surface area (Å²) < 4.78 is 3.49. The second kappa shape index (κ2) is 7.34. The second-order valence-corrected chi connectivity index (χ2v) is 7.18. The van der Waals surface area contributed by atoms with Crippen molar-refractivity contribution in [1.82, 2.24) is 29.9 Å². The van der Waals surface area contributed by atoms with Gasteiger partial charge in [0, 0.05) is 38.6 Å². The fraction of sp³-hybridized carbons (Fsp3) is 0.368. The molecule has 0 saturated heterocycles. The van der Waals surface area contributed by atoms with E-state index < -0.39 is 0 Å². The minimum Gasteiger partial charge on any atom is -0.346 e. The molecule has 1 aromatic carbocycles. The first-order valence-electron chi connectivity index (χ1n) is 9.29. The maximum Gasteiger partial charge on any atom is 0.319 e. The molecule has 0 radical (unpaired) electrons. The zero-order valence-corrected chi connectivity index (χ0v) is 16.3. The predicted octanol–water partition coefficient (Wildman–Crippen LogP) is 2.27. The number of fused-ring (bicyclic) bond motifs is 1. The lowest BCUT2D eigenvalue weighted by Gasteiger charge is -2.22. The van der Waals surface area contributed by atoms with Crippen molar-refractivity contribution in [2.24, 2.45) is 7.05 Å². The highest BCUT2D eigenvalue weighted by Crippen LogP contribution is 2.28. The number of nitrogens with zero attached hydrogens (tertiary/aromatic N) is 6. The topological polar surface area (TPSA) is 92.9 Å². The maximum atomic E-state index is 12.5. The normalized spacial score (nSPS) is 15.8. The molecule has 3 aromatic rings. The standard InChI is InChI=1S/C19H24N8O/c1-25(2)18-20-12-27(24-18)14-7-4-6-13(10-14)21-19(28)22-16-8-5-9-17-15(16)11-26(3)23-17/h4,6-7,10-12,16H,5,8-9H2,1-3H3,(H2,21,22,28). The summed E-state index contributed by atoms with van der Waals surface area (Å²) in [6.45, 7) is 0. The van der Waals surface area contributed by atoms with Gasteiger partial charge in [0.25, 0.3) is 0 Å². The number of carbonyl (C=O) groups is 1. The van der Waals surface area contributed by atoms with Crippen LogP contribution in [0.3, 0.4) is 0 Å². The molecule has 1 aliphatic carbocycles. The molecule has 2 aromatic heterocycles. The smallest absolute Gasteiger partial charge is 0.319 e. The van der Waals surface area contributed by atoms with E-state index in [1.165, 1.54) is 0 Å². The zero-order chi connectivity index (χ0) is 19.7. The minimum absolute atomic E-state index is 0.0152. The Kier molecular flexibility index (Phi) is 4.72. The van der Waals surface area contributed by atoms with E-state index >= 15 is 0 Å². The Hall–Kier alpha value is -3.36. The van der Waals surface area contributed by atoms with E-state index in [0.29, 0.717) is 11.6 Å². The number of hydrogen-bond donors (Lipinski definition) is 2. The number of nitrogens with one attached hydrogen (secondary N) is 2. The van der Waals surface area contributed by atoms with Crippen molar-refractivity contribution >= 4 is 17.7 Å². The molecular weight excluding hydrogens is 356 g/mol. The molecule has 4 rings (SSSR count). The Morgan fingerprint density at radius 2 is 2.14 bits per heavy atom. The molecule has 2 heterocycles. The summed E-state index contributed by atoms with van der Waals surface area (Å²) in [5, 5.41) is 14.9. The van der Waals surface area contributed by atoms with Gasteiger partial charge in [-0.1, -0.05) is 6.07 Å². The summed E-state index contributed by atoms with van der Waals surface area (Å²) in [6.07, 6.45) is 6.54. The minimum atomic E-state index is -0.230. The number of aryl methyl sites for hydroxylation is 2. The summed E-state index contributed by atoms with van der Waals surface area (Å²) in [7, 11) is 5.69. The largest absolute Gasteiger partial charge is 0.346 e. The Morgan fingerprint density at radius 1 is 1.29 bits per heavy atom. The van der Waals surface area contributed by atoms with Crippen molar-refractivity contribution < 1.29 is 4.79 Å². The summed E-state index contributed by atoms with van der Waals surface area (Å²) in [5.74, 6) is 0.626. The number of rotatable bonds is 4. The third kappa shape index (κ3) is 3.68. The molecule has 1 unspecified atom stereocenters. The summed E-state index contributed by atoms with van der Waals surface area (Å²) >= 11 is 0. The van der Waals surface area contributed by atoms with Crippen LogP contribution in [0.25, 0.3) is 5.69 Å². The molecule has 0 saturated carbocycles. The van der Waals surface area contributed by atoms with Gasteiger partial charge in [-0.25, -0.2) is 9.48 Å². The first-order chi connectivity index (χ1) is 13.5. The molecule has 2 N–H and O–H groups in total. The van der Waals surface area contributed by atoms with Crippen LogP contribution >= 0.6 is 0 Å². The van der Waals surface area contributed by atoms with Crippen LogP contribution in [0.1, 0.15) is 30.1 Å². The lowest BCUT2D eigenvalue weighted by Crippen LogP contribution is -2.34. The van der Waals surface area contributed by atoms with Gasteiger partial charge in [-0.15, -0.1) is 5.10 Å². The molecule has 1 atom stereocenters. The molecule has 2 amide bonds. The Bertz CT molecular complexity index is 989. The van der Waals surface area contributed by atoms with Crippen LogP contribution in [0, 0.1) is 0 Å². The molecule has 0 fully saturated rings. The quantitative estimate of drug-likeness (QED) is 0.724. The number of aromatic nitrogens is 5. The predicted molar refractivity (Wildman–Crippen MR) is 107 cm³/mol. The van der Waals surface area contributed by atoms with Gasteiger partial charge in [-0.2, -0.15) is 10.1 Å². The van der Waals surface area contributed by atoms with Gasteiger partial charge in [-0.05, 0) is 37.5 Å². The molecule has 0 bridgehead atoms. The molecule has 1 aliphatic rings. The Morgan fingerprint density at radius 3 is 2.93 bits per heavy atom. The highest BCUT2D eigenvalue weighted by atomic mass is 16.2. The number of hydrogen-bond acceptors (Lipinski definition) is 5. The molecule has 9 heteroatoms. The van der Waals surface area contributed by atoms with Gasteiger partial charge in [0.1, 0.15) is 6.33 Å². The van der Waals surface area contributed by atoms with Gasteiger partial charge < -0.3 is 15.5 Å². The van der Waals surface area contributed by atoms with Crippen LogP contribution in [0.5, 0.6) is 0 Å². The van der Waals surface area contributed by atoms with Gasteiger partial charge in [0.15, 0.2) is 0 Å². The Labute approximate surface area is 163 Å². The molecule has 0 spiro atoms. The summed E-state index contributed by atoms with van der Waals surface area (Å²) in [6, 6.07) is 7.26. The van der Waals surface area contributed by atoms with E-state index in [-0.39, 0.29) is 12.1 Å². The van der Waals surface area contributed by atoms with Crippen molar-refractivity contribution in [2.75, 3.05) is 24.3 Å². The van der Waals surface area contributed by atoms with Crippen LogP contribution in [0.4, 0.5) is 16.4 Å². The molecule has 0 aliphatic heterocycles. The van der Waals surface area contributed by atoms with Crippen molar-refractivity contribution in [3.63, 3.8) is 0 Å². The van der Waals surface area contributed by atoms with Crippen LogP contribution in [0.2, 0.25) is 0 Å². The van der Waals surface area contributed by atoms with E-state index in [2.05, 4.69) is 25.8 Å². The second-order valence-electron chi connectivity index (χ2n) is 7.18. The fourth-order valence-electron chi connectivity index (χ4n) is 3.45.